The number of carbonyl (C=O) groups excluding carboxylic acids is 3. The average Bonchev–Trinajstić information content (AvgIpc) is 3.68. The van der Waals surface area contributed by atoms with Crippen LogP contribution >= 0.6 is 34.7 Å². The van der Waals surface area contributed by atoms with Gasteiger partial charge in [0.05, 0.1) is 27.0 Å². The van der Waals surface area contributed by atoms with Crippen LogP contribution in [0.1, 0.15) is 26.7 Å². The molecule has 0 saturated carbocycles. The quantitative estimate of drug-likeness (QED) is 0.0736. The maximum absolute atomic E-state index is 13.8. The van der Waals surface area contributed by atoms with Crippen LogP contribution in [0.25, 0.3) is 17.3 Å². The average molecular weight is 791 g/mol. The molecule has 0 fully saturated rings. The Morgan fingerprint density at radius 2 is 1.42 bits per heavy atom. The Morgan fingerprint density at radius 3 is 2.05 bits per heavy atom. The highest BCUT2D eigenvalue weighted by Crippen LogP contribution is 2.40. The van der Waals surface area contributed by atoms with Crippen molar-refractivity contribution in [3.05, 3.63) is 154 Å². The largest absolute Gasteiger partial charge is 0.493 e. The molecule has 0 bridgehead atoms. The number of anilines is 2. The summed E-state index contributed by atoms with van der Waals surface area (Å²) in [5, 5.41) is 10.9. The molecule has 3 N–H and O–H groups in total. The van der Waals surface area contributed by atoms with E-state index in [0.717, 1.165) is 16.0 Å². The minimum atomic E-state index is -0.615. The van der Waals surface area contributed by atoms with E-state index in [4.69, 9.17) is 25.8 Å². The van der Waals surface area contributed by atoms with Crippen molar-refractivity contribution in [3.8, 4) is 28.5 Å². The van der Waals surface area contributed by atoms with E-state index < -0.39 is 17.1 Å². The number of halogens is 1. The van der Waals surface area contributed by atoms with Crippen molar-refractivity contribution >= 4 is 69.3 Å². The maximum atomic E-state index is 13.8. The van der Waals surface area contributed by atoms with Gasteiger partial charge in [0.1, 0.15) is 10.9 Å². The molecule has 10 nitrogen and oxygen atoms in total. The number of rotatable bonds is 14. The van der Waals surface area contributed by atoms with Gasteiger partial charge in [-0.2, -0.15) is 0 Å². The highest BCUT2D eigenvalue weighted by molar-refractivity contribution is 8.00. The molecular weight excluding hydrogens is 756 g/mol. The third-order valence-corrected chi connectivity index (χ3v) is 10.5. The number of hydrogen-bond acceptors (Lipinski definition) is 9. The molecule has 13 heteroatoms. The number of amides is 3. The van der Waals surface area contributed by atoms with Crippen molar-refractivity contribution in [2.75, 3.05) is 32.0 Å². The number of ether oxygens (including phenoxy) is 3. The summed E-state index contributed by atoms with van der Waals surface area (Å²) in [7, 11) is 4.48. The molecule has 0 radical (unpaired) electrons. The third-order valence-electron chi connectivity index (χ3n) is 8.12. The monoisotopic (exact) mass is 790 g/mol. The summed E-state index contributed by atoms with van der Waals surface area (Å²) in [4.78, 5) is 46.2. The van der Waals surface area contributed by atoms with E-state index in [1.54, 1.807) is 60.7 Å². The molecule has 55 heavy (non-hydrogen) atoms. The van der Waals surface area contributed by atoms with Crippen LogP contribution in [-0.4, -0.2) is 44.0 Å². The van der Waals surface area contributed by atoms with E-state index in [2.05, 4.69) is 20.9 Å². The van der Waals surface area contributed by atoms with Crippen LogP contribution in [0.5, 0.6) is 17.2 Å². The maximum Gasteiger partial charge on any atom is 0.272 e. The predicted octanol–water partition coefficient (Wildman–Crippen LogP) is 9.37. The first kappa shape index (κ1) is 38.6. The van der Waals surface area contributed by atoms with Crippen molar-refractivity contribution in [2.45, 2.75) is 10.1 Å². The number of methoxy groups -OCH3 is 3. The van der Waals surface area contributed by atoms with E-state index >= 15 is 0 Å². The van der Waals surface area contributed by atoms with Crippen LogP contribution in [0, 0.1) is 0 Å². The lowest BCUT2D eigenvalue weighted by atomic mass is 10.1. The Bertz CT molecular complexity index is 2290. The Hall–Kier alpha value is -6.08. The van der Waals surface area contributed by atoms with Gasteiger partial charge in [0.25, 0.3) is 11.8 Å². The fourth-order valence-corrected chi connectivity index (χ4v) is 7.41. The topological polar surface area (TPSA) is 128 Å². The molecule has 6 aromatic rings. The van der Waals surface area contributed by atoms with Gasteiger partial charge >= 0.3 is 0 Å². The molecular formula is C42H35ClN4O6S2. The van der Waals surface area contributed by atoms with Gasteiger partial charge in [-0.25, -0.2) is 4.98 Å². The van der Waals surface area contributed by atoms with Crippen LogP contribution in [0.4, 0.5) is 10.8 Å². The van der Waals surface area contributed by atoms with E-state index in [9.17, 15) is 14.4 Å². The summed E-state index contributed by atoms with van der Waals surface area (Å²) >= 11 is 9.05. The van der Waals surface area contributed by atoms with Gasteiger partial charge in [0.15, 0.2) is 16.6 Å². The summed E-state index contributed by atoms with van der Waals surface area (Å²) in [5.74, 6) is -0.136. The Morgan fingerprint density at radius 1 is 0.782 bits per heavy atom. The first-order chi connectivity index (χ1) is 26.8. The lowest BCUT2D eigenvalue weighted by molar-refractivity contribution is -0.116. The van der Waals surface area contributed by atoms with E-state index in [1.165, 1.54) is 50.5 Å². The first-order valence-corrected chi connectivity index (χ1v) is 18.9. The second-order valence-corrected chi connectivity index (χ2v) is 14.2. The molecule has 0 aliphatic heterocycles. The third kappa shape index (κ3) is 9.73. The fraction of sp³-hybridized carbons (Fsp3) is 0.0952. The van der Waals surface area contributed by atoms with Crippen LogP contribution in [0.3, 0.4) is 0 Å². The Balaban J connectivity index is 1.21. The molecule has 1 unspecified atom stereocenters. The first-order valence-electron chi connectivity index (χ1n) is 16.8. The summed E-state index contributed by atoms with van der Waals surface area (Å²) in [6.45, 7) is 0. The normalized spacial score (nSPS) is 11.6. The summed E-state index contributed by atoms with van der Waals surface area (Å²) < 4.78 is 16.4. The summed E-state index contributed by atoms with van der Waals surface area (Å²) in [6, 6.07) is 35.9. The SMILES string of the molecule is COc1cc(/C=C(\NC(=O)c2ccccc2)C(=O)Nc2ccc(SC(C(=O)Nc3nc(-c4ccccc4Cl)cs3)c3ccccc3)cc2)cc(OC)c1OC. The van der Waals surface area contributed by atoms with Crippen LogP contribution in [0.15, 0.2) is 137 Å². The molecule has 0 spiro atoms. The molecule has 0 saturated heterocycles. The minimum absolute atomic E-state index is 0.0257. The highest BCUT2D eigenvalue weighted by Gasteiger charge is 2.24. The number of nitrogens with zero attached hydrogens (tertiary/aromatic N) is 1. The molecule has 0 aliphatic carbocycles. The van der Waals surface area contributed by atoms with Gasteiger partial charge in [0, 0.05) is 32.1 Å². The number of benzene rings is 5. The predicted molar refractivity (Wildman–Crippen MR) is 219 cm³/mol. The molecule has 1 heterocycles. The fourth-order valence-electron chi connectivity index (χ4n) is 5.44. The second kappa shape index (κ2) is 18.3. The molecule has 1 atom stereocenters. The smallest absolute Gasteiger partial charge is 0.272 e. The number of thioether (sulfide) groups is 1. The number of carbonyl (C=O) groups is 3. The number of aromatic nitrogens is 1. The minimum Gasteiger partial charge on any atom is -0.493 e. The molecule has 278 valence electrons. The van der Waals surface area contributed by atoms with Crippen LogP contribution in [-0.2, 0) is 9.59 Å². The van der Waals surface area contributed by atoms with Crippen LogP contribution in [0.2, 0.25) is 5.02 Å². The zero-order valence-corrected chi connectivity index (χ0v) is 32.3. The van der Waals surface area contributed by atoms with Gasteiger partial charge in [-0.1, -0.05) is 78.3 Å². The standard InChI is InChI=1S/C42H35ClN4O6S2/c1-51-35-23-26(24-36(52-2)37(35)53-3)22-33(45-39(48)28-14-8-5-9-15-28)40(49)44-29-18-20-30(21-19-29)55-38(27-12-6-4-7-13-27)41(50)47-42-46-34(25-54-42)31-16-10-11-17-32(31)43/h4-25,38H,1-3H3,(H,44,49)(H,45,48)(H,46,47,50)/b33-22-. The molecule has 0 aliphatic rings. The van der Waals surface area contributed by atoms with Gasteiger partial charge in [-0.05, 0) is 71.8 Å². The van der Waals surface area contributed by atoms with Crippen molar-refractivity contribution in [1.82, 2.24) is 10.3 Å². The Labute approximate surface area is 331 Å². The number of hydrogen-bond donors (Lipinski definition) is 3. The molecule has 5 aromatic carbocycles. The van der Waals surface area contributed by atoms with Gasteiger partial charge in [-0.3, -0.25) is 14.4 Å². The molecule has 3 amide bonds. The van der Waals surface area contributed by atoms with Crippen molar-refractivity contribution in [3.63, 3.8) is 0 Å². The zero-order valence-electron chi connectivity index (χ0n) is 29.9. The van der Waals surface area contributed by atoms with Crippen molar-refractivity contribution < 1.29 is 28.6 Å². The van der Waals surface area contributed by atoms with E-state index in [-0.39, 0.29) is 11.6 Å². The van der Waals surface area contributed by atoms with Crippen molar-refractivity contribution in [1.29, 1.82) is 0 Å². The highest BCUT2D eigenvalue weighted by atomic mass is 35.5. The second-order valence-electron chi connectivity index (χ2n) is 11.7. The zero-order chi connectivity index (χ0) is 38.7. The number of nitrogens with one attached hydrogen (secondary N) is 3. The summed E-state index contributed by atoms with van der Waals surface area (Å²) in [6.07, 6.45) is 1.52. The van der Waals surface area contributed by atoms with Gasteiger partial charge < -0.3 is 30.2 Å². The lowest BCUT2D eigenvalue weighted by Crippen LogP contribution is -2.30. The van der Waals surface area contributed by atoms with E-state index in [0.29, 0.717) is 49.9 Å². The van der Waals surface area contributed by atoms with Crippen molar-refractivity contribution in [2.24, 2.45) is 0 Å². The lowest BCUT2D eigenvalue weighted by Gasteiger charge is -2.17. The molecule has 6 rings (SSSR count). The van der Waals surface area contributed by atoms with Gasteiger partial charge in [0.2, 0.25) is 11.7 Å². The molecule has 1 aromatic heterocycles. The van der Waals surface area contributed by atoms with Crippen LogP contribution < -0.4 is 30.2 Å². The number of thiazole rings is 1. The Kier molecular flexibility index (Phi) is 12.9. The van der Waals surface area contributed by atoms with E-state index in [1.807, 2.05) is 66.0 Å². The summed E-state index contributed by atoms with van der Waals surface area (Å²) in [5.41, 5.74) is 3.60. The van der Waals surface area contributed by atoms with Gasteiger partial charge in [-0.15, -0.1) is 23.1 Å².